The lowest BCUT2D eigenvalue weighted by Gasteiger charge is -2.00. The molecule has 0 spiro atoms. The Morgan fingerprint density at radius 1 is 1.50 bits per heavy atom. The van der Waals surface area contributed by atoms with Gasteiger partial charge in [0.15, 0.2) is 0 Å². The van der Waals surface area contributed by atoms with Crippen LogP contribution in [0.5, 0.6) is 0 Å². The summed E-state index contributed by atoms with van der Waals surface area (Å²) in [5.41, 5.74) is 0. The number of allylic oxidation sites excluding steroid dienone is 2. The molecule has 0 rings (SSSR count). The van der Waals surface area contributed by atoms with Crippen molar-refractivity contribution in [2.75, 3.05) is 0 Å². The maximum Gasteiger partial charge on any atom is 0.361 e. The van der Waals surface area contributed by atoms with Crippen LogP contribution in [-0.2, 0) is 4.57 Å². The topological polar surface area (TPSA) is 57.5 Å². The summed E-state index contributed by atoms with van der Waals surface area (Å²) in [5, 5.41) is -1.31. The van der Waals surface area contributed by atoms with Crippen LogP contribution < -0.4 is 0 Å². The van der Waals surface area contributed by atoms with Gasteiger partial charge in [0.2, 0.25) is 0 Å². The van der Waals surface area contributed by atoms with Crippen LogP contribution in [-0.4, -0.2) is 9.79 Å². The van der Waals surface area contributed by atoms with Crippen LogP contribution in [0.1, 0.15) is 0 Å². The molecule has 2 N–H and O–H groups in total. The van der Waals surface area contributed by atoms with E-state index < -0.39 is 19.0 Å². The quantitative estimate of drug-likeness (QED) is 0.487. The van der Waals surface area contributed by atoms with Crippen molar-refractivity contribution in [1.82, 2.24) is 0 Å². The van der Waals surface area contributed by atoms with Crippen molar-refractivity contribution < 1.29 is 23.1 Å². The first-order chi connectivity index (χ1) is 4.39. The van der Waals surface area contributed by atoms with E-state index in [2.05, 4.69) is 6.58 Å². The van der Waals surface area contributed by atoms with Gasteiger partial charge in [0.1, 0.15) is 5.31 Å². The third-order valence-electron chi connectivity index (χ3n) is 0.701. The molecule has 0 fully saturated rings. The second-order valence-corrected chi connectivity index (χ2v) is 2.96. The fraction of sp³-hybridized carbons (Fsp3) is 0. The Bertz CT molecular complexity index is 213. The Labute approximate surface area is 55.8 Å². The molecule has 0 saturated heterocycles. The molecule has 0 saturated carbocycles. The molecular weight excluding hydrogens is 165 g/mol. The molecule has 6 heteroatoms. The fourth-order valence-corrected chi connectivity index (χ4v) is 0.764. The number of hydrogen-bond donors (Lipinski definition) is 2. The Hall–Kier alpha value is -0.510. The van der Waals surface area contributed by atoms with Crippen LogP contribution in [0.3, 0.4) is 0 Å². The largest absolute Gasteiger partial charge is 0.361 e. The summed E-state index contributed by atoms with van der Waals surface area (Å²) >= 11 is 0. The van der Waals surface area contributed by atoms with E-state index in [4.69, 9.17) is 9.79 Å². The molecule has 0 atom stereocenters. The van der Waals surface area contributed by atoms with Crippen molar-refractivity contribution in [3.05, 3.63) is 24.0 Å². The van der Waals surface area contributed by atoms with Gasteiger partial charge in [-0.3, -0.25) is 4.57 Å². The van der Waals surface area contributed by atoms with Gasteiger partial charge in [0.05, 0.1) is 0 Å². The first-order valence-corrected chi connectivity index (χ1v) is 3.74. The second-order valence-electron chi connectivity index (χ2n) is 1.39. The van der Waals surface area contributed by atoms with Gasteiger partial charge >= 0.3 is 7.60 Å². The molecule has 0 aliphatic carbocycles. The normalized spacial score (nSPS) is 10.8. The summed E-state index contributed by atoms with van der Waals surface area (Å²) in [6, 6.07) is 0. The lowest BCUT2D eigenvalue weighted by Crippen LogP contribution is -1.82. The van der Waals surface area contributed by atoms with E-state index in [1.165, 1.54) is 0 Å². The smallest absolute Gasteiger partial charge is 0.321 e. The Balaban J connectivity index is 4.91. The zero-order valence-corrected chi connectivity index (χ0v) is 5.68. The van der Waals surface area contributed by atoms with Gasteiger partial charge < -0.3 is 9.79 Å². The van der Waals surface area contributed by atoms with Crippen LogP contribution in [0.15, 0.2) is 24.0 Å². The Kier molecular flexibility index (Phi) is 2.90. The Morgan fingerprint density at radius 2 is 1.90 bits per heavy atom. The van der Waals surface area contributed by atoms with E-state index in [0.717, 1.165) is 0 Å². The first-order valence-electron chi connectivity index (χ1n) is 2.13. The average molecular weight is 170 g/mol. The summed E-state index contributed by atoms with van der Waals surface area (Å²) in [6.07, 6.45) is -1.96. The molecule has 0 aromatic rings. The third-order valence-corrected chi connectivity index (χ3v) is 1.68. The van der Waals surface area contributed by atoms with Crippen LogP contribution >= 0.6 is 7.60 Å². The molecule has 0 heterocycles. The average Bonchev–Trinajstić information content (AvgIpc) is 1.60. The highest BCUT2D eigenvalue weighted by molar-refractivity contribution is 7.56. The molecule has 0 bridgehead atoms. The summed E-state index contributed by atoms with van der Waals surface area (Å²) < 4.78 is 33.1. The summed E-state index contributed by atoms with van der Waals surface area (Å²) in [4.78, 5) is 16.3. The minimum Gasteiger partial charge on any atom is -0.321 e. The van der Waals surface area contributed by atoms with E-state index in [1.807, 2.05) is 0 Å². The molecule has 0 aliphatic rings. The molecule has 0 unspecified atom stereocenters. The van der Waals surface area contributed by atoms with Gasteiger partial charge in [-0.2, -0.15) is 8.78 Å². The zero-order valence-electron chi connectivity index (χ0n) is 4.79. The maximum atomic E-state index is 11.5. The summed E-state index contributed by atoms with van der Waals surface area (Å²) in [7, 11) is -4.82. The zero-order chi connectivity index (χ0) is 8.36. The monoisotopic (exact) mass is 170 g/mol. The fourth-order valence-electron chi connectivity index (χ4n) is 0.306. The molecule has 3 nitrogen and oxygen atoms in total. The Morgan fingerprint density at radius 3 is 1.90 bits per heavy atom. The molecule has 0 amide bonds. The highest BCUT2D eigenvalue weighted by atomic mass is 31.2. The lowest BCUT2D eigenvalue weighted by atomic mass is 10.6. The van der Waals surface area contributed by atoms with Gasteiger partial charge in [0.25, 0.3) is 6.08 Å². The van der Waals surface area contributed by atoms with Crippen LogP contribution in [0.2, 0.25) is 0 Å². The second kappa shape index (κ2) is 3.05. The van der Waals surface area contributed by atoms with Gasteiger partial charge in [-0.15, -0.1) is 0 Å². The molecule has 0 radical (unpaired) electrons. The van der Waals surface area contributed by atoms with Crippen LogP contribution in [0.25, 0.3) is 0 Å². The molecule has 0 aromatic heterocycles. The molecule has 0 aromatic carbocycles. The highest BCUT2D eigenvalue weighted by Gasteiger charge is 2.22. The minimum absolute atomic E-state index is 0.441. The maximum absolute atomic E-state index is 11.5. The van der Waals surface area contributed by atoms with Crippen LogP contribution in [0, 0.1) is 0 Å². The molecule has 0 aliphatic heterocycles. The van der Waals surface area contributed by atoms with E-state index >= 15 is 0 Å². The predicted octanol–water partition coefficient (Wildman–Crippen LogP) is 1.46. The van der Waals surface area contributed by atoms with E-state index in [9.17, 15) is 13.3 Å². The predicted molar refractivity (Wildman–Crippen MR) is 31.5 cm³/mol. The first kappa shape index (κ1) is 9.49. The van der Waals surface area contributed by atoms with Crippen molar-refractivity contribution in [3.63, 3.8) is 0 Å². The van der Waals surface area contributed by atoms with Gasteiger partial charge in [-0.25, -0.2) is 0 Å². The summed E-state index contributed by atoms with van der Waals surface area (Å²) in [5.74, 6) is 0. The van der Waals surface area contributed by atoms with Crippen molar-refractivity contribution in [1.29, 1.82) is 0 Å². The number of halogens is 2. The van der Waals surface area contributed by atoms with Crippen molar-refractivity contribution in [3.8, 4) is 0 Å². The van der Waals surface area contributed by atoms with Crippen molar-refractivity contribution >= 4 is 7.60 Å². The van der Waals surface area contributed by atoms with Crippen LogP contribution in [0.4, 0.5) is 8.78 Å². The van der Waals surface area contributed by atoms with Crippen molar-refractivity contribution in [2.24, 2.45) is 0 Å². The standard InChI is InChI=1S/C4H5F2O3P/c1-2-3(4(5)6)10(7,8)9/h2H,1H2,(H2,7,8,9). The molecular formula is C4H5F2O3P. The van der Waals surface area contributed by atoms with E-state index in [0.29, 0.717) is 6.08 Å². The van der Waals surface area contributed by atoms with Gasteiger partial charge in [-0.05, 0) is 6.08 Å². The van der Waals surface area contributed by atoms with Gasteiger partial charge in [0, 0.05) is 0 Å². The van der Waals surface area contributed by atoms with Gasteiger partial charge in [-0.1, -0.05) is 6.58 Å². The lowest BCUT2D eigenvalue weighted by molar-refractivity contribution is 0.371. The molecule has 58 valence electrons. The number of rotatable bonds is 2. The highest BCUT2D eigenvalue weighted by Crippen LogP contribution is 2.47. The SMILES string of the molecule is C=CC(=C(F)F)P(=O)(O)O. The third kappa shape index (κ3) is 2.39. The summed E-state index contributed by atoms with van der Waals surface area (Å²) in [6.45, 7) is 2.82. The van der Waals surface area contributed by atoms with Crippen molar-refractivity contribution in [2.45, 2.75) is 0 Å². The van der Waals surface area contributed by atoms with E-state index in [-0.39, 0.29) is 0 Å². The van der Waals surface area contributed by atoms with E-state index in [1.54, 1.807) is 0 Å². The molecule has 10 heavy (non-hydrogen) atoms. The number of hydrogen-bond acceptors (Lipinski definition) is 1. The minimum atomic E-state index is -4.82.